The van der Waals surface area contributed by atoms with Crippen molar-refractivity contribution in [3.63, 3.8) is 0 Å². The Morgan fingerprint density at radius 3 is 2.56 bits per heavy atom. The summed E-state index contributed by atoms with van der Waals surface area (Å²) in [6, 6.07) is 0. The van der Waals surface area contributed by atoms with Gasteiger partial charge in [0.25, 0.3) is 0 Å². The van der Waals surface area contributed by atoms with Crippen molar-refractivity contribution in [3.05, 3.63) is 0 Å². The maximum atomic E-state index is 5.34. The molecule has 0 spiro atoms. The first-order valence-corrected chi connectivity index (χ1v) is 8.38. The van der Waals surface area contributed by atoms with E-state index in [4.69, 9.17) is 6.42 Å². The van der Waals surface area contributed by atoms with E-state index in [1.165, 1.54) is 18.6 Å². The van der Waals surface area contributed by atoms with Gasteiger partial charge in [-0.2, -0.15) is 23.5 Å². The third-order valence-corrected chi connectivity index (χ3v) is 4.29. The lowest BCUT2D eigenvalue weighted by atomic mass is 10.1. The molecule has 0 aromatic carbocycles. The van der Waals surface area contributed by atoms with Crippen LogP contribution >= 0.6 is 23.5 Å². The van der Waals surface area contributed by atoms with E-state index in [-0.39, 0.29) is 0 Å². The molecule has 0 saturated heterocycles. The molecule has 0 rings (SSSR count). The van der Waals surface area contributed by atoms with Crippen molar-refractivity contribution in [2.24, 2.45) is 5.92 Å². The Hall–Kier alpha value is -0.180. The fourth-order valence-electron chi connectivity index (χ4n) is 1.37. The first-order chi connectivity index (χ1) is 7.76. The van der Waals surface area contributed by atoms with Gasteiger partial charge in [-0.3, -0.25) is 0 Å². The molecule has 0 aliphatic carbocycles. The van der Waals surface area contributed by atoms with Gasteiger partial charge < -0.3 is 0 Å². The molecule has 2 atom stereocenters. The molecular formula is C14H22S2. The summed E-state index contributed by atoms with van der Waals surface area (Å²) in [6.07, 6.45) is 14.0. The molecule has 0 amide bonds. The molecule has 0 aliphatic rings. The minimum atomic E-state index is 0.409. The van der Waals surface area contributed by atoms with Gasteiger partial charge in [0.15, 0.2) is 0 Å². The van der Waals surface area contributed by atoms with Gasteiger partial charge in [0, 0.05) is 24.0 Å². The second-order valence-electron chi connectivity index (χ2n) is 3.74. The predicted molar refractivity (Wildman–Crippen MR) is 79.9 cm³/mol. The Bertz CT molecular complexity index is 254. The van der Waals surface area contributed by atoms with E-state index in [0.717, 1.165) is 12.8 Å². The molecule has 0 N–H and O–H groups in total. The third kappa shape index (κ3) is 8.03. The molecule has 0 aromatic heterocycles. The van der Waals surface area contributed by atoms with Crippen LogP contribution < -0.4 is 0 Å². The zero-order valence-electron chi connectivity index (χ0n) is 10.6. The molecule has 0 fully saturated rings. The molecule has 90 valence electrons. The van der Waals surface area contributed by atoms with Crippen LogP contribution in [0, 0.1) is 30.1 Å². The minimum Gasteiger partial charge on any atom is -0.165 e. The maximum Gasteiger partial charge on any atom is 0.0302 e. The summed E-state index contributed by atoms with van der Waals surface area (Å²) in [6.45, 7) is 2.17. The SMILES string of the molecule is C#CCC(SC)C(C)C#CCCCCSC. The highest BCUT2D eigenvalue weighted by molar-refractivity contribution is 7.99. The Labute approximate surface area is 110 Å². The molecule has 0 aromatic rings. The highest BCUT2D eigenvalue weighted by Crippen LogP contribution is 2.19. The molecule has 0 bridgehead atoms. The van der Waals surface area contributed by atoms with Crippen LogP contribution in [0.3, 0.4) is 0 Å². The molecule has 0 saturated carbocycles. The standard InChI is InChI=1S/C14H22S2/c1-5-10-14(16-4)13(2)11-8-6-7-9-12-15-3/h1,13-14H,6-7,9-10,12H2,2-4H3. The molecule has 0 nitrogen and oxygen atoms in total. The summed E-state index contributed by atoms with van der Waals surface area (Å²) < 4.78 is 0. The summed E-state index contributed by atoms with van der Waals surface area (Å²) in [5.74, 6) is 11.0. The van der Waals surface area contributed by atoms with Gasteiger partial charge >= 0.3 is 0 Å². The maximum absolute atomic E-state index is 5.34. The molecule has 2 unspecified atom stereocenters. The van der Waals surface area contributed by atoms with Crippen LogP contribution in [0.15, 0.2) is 0 Å². The molecule has 2 heteroatoms. The molecular weight excluding hydrogens is 232 g/mol. The van der Waals surface area contributed by atoms with E-state index in [0.29, 0.717) is 11.2 Å². The van der Waals surface area contributed by atoms with Crippen molar-refractivity contribution in [2.75, 3.05) is 18.3 Å². The van der Waals surface area contributed by atoms with E-state index in [9.17, 15) is 0 Å². The lowest BCUT2D eigenvalue weighted by Crippen LogP contribution is -2.11. The van der Waals surface area contributed by atoms with Crippen LogP contribution in [0.4, 0.5) is 0 Å². The second kappa shape index (κ2) is 11.3. The molecule has 0 heterocycles. The number of hydrogen-bond acceptors (Lipinski definition) is 2. The zero-order chi connectivity index (χ0) is 12.2. The van der Waals surface area contributed by atoms with E-state index in [1.54, 1.807) is 0 Å². The first kappa shape index (κ1) is 15.8. The van der Waals surface area contributed by atoms with Crippen LogP contribution in [0.5, 0.6) is 0 Å². The fourth-order valence-corrected chi connectivity index (χ4v) is 2.60. The molecule has 0 aliphatic heterocycles. The van der Waals surface area contributed by atoms with Gasteiger partial charge in [-0.15, -0.1) is 18.3 Å². The smallest absolute Gasteiger partial charge is 0.0302 e. The topological polar surface area (TPSA) is 0 Å². The van der Waals surface area contributed by atoms with Crippen molar-refractivity contribution >= 4 is 23.5 Å². The third-order valence-electron chi connectivity index (χ3n) is 2.41. The van der Waals surface area contributed by atoms with Crippen LogP contribution in [0.2, 0.25) is 0 Å². The monoisotopic (exact) mass is 254 g/mol. The fraction of sp³-hybridized carbons (Fsp3) is 0.714. The normalized spacial score (nSPS) is 13.4. The average molecular weight is 254 g/mol. The van der Waals surface area contributed by atoms with Gasteiger partial charge in [0.1, 0.15) is 0 Å². The van der Waals surface area contributed by atoms with E-state index in [1.807, 2.05) is 23.5 Å². The minimum absolute atomic E-state index is 0.409. The molecule has 16 heavy (non-hydrogen) atoms. The number of rotatable bonds is 7. The van der Waals surface area contributed by atoms with Gasteiger partial charge in [0.2, 0.25) is 0 Å². The van der Waals surface area contributed by atoms with Crippen LogP contribution in [-0.2, 0) is 0 Å². The van der Waals surface area contributed by atoms with Crippen molar-refractivity contribution in [1.29, 1.82) is 0 Å². The van der Waals surface area contributed by atoms with Gasteiger partial charge in [-0.1, -0.05) is 12.8 Å². The van der Waals surface area contributed by atoms with Crippen LogP contribution in [0.1, 0.15) is 32.6 Å². The Kier molecular flexibility index (Phi) is 11.2. The summed E-state index contributed by atoms with van der Waals surface area (Å²) in [5, 5.41) is 0.490. The number of thioether (sulfide) groups is 2. The Morgan fingerprint density at radius 1 is 1.25 bits per heavy atom. The van der Waals surface area contributed by atoms with Gasteiger partial charge in [0.05, 0.1) is 0 Å². The van der Waals surface area contributed by atoms with Crippen molar-refractivity contribution in [2.45, 2.75) is 37.9 Å². The number of unbranched alkanes of at least 4 members (excludes halogenated alkanes) is 2. The van der Waals surface area contributed by atoms with Crippen LogP contribution in [-0.4, -0.2) is 23.5 Å². The van der Waals surface area contributed by atoms with E-state index in [2.05, 4.69) is 37.2 Å². The van der Waals surface area contributed by atoms with E-state index >= 15 is 0 Å². The number of hydrogen-bond donors (Lipinski definition) is 0. The summed E-state index contributed by atoms with van der Waals surface area (Å²) in [4.78, 5) is 0. The Morgan fingerprint density at radius 2 is 2.00 bits per heavy atom. The lowest BCUT2D eigenvalue weighted by molar-refractivity contribution is 0.706. The largest absolute Gasteiger partial charge is 0.165 e. The van der Waals surface area contributed by atoms with Gasteiger partial charge in [-0.25, -0.2) is 0 Å². The van der Waals surface area contributed by atoms with Crippen molar-refractivity contribution < 1.29 is 0 Å². The summed E-state index contributed by atoms with van der Waals surface area (Å²) >= 11 is 3.73. The molecule has 0 radical (unpaired) electrons. The zero-order valence-corrected chi connectivity index (χ0v) is 12.2. The number of terminal acetylenes is 1. The highest BCUT2D eigenvalue weighted by atomic mass is 32.2. The average Bonchev–Trinajstić information content (AvgIpc) is 2.30. The van der Waals surface area contributed by atoms with Crippen molar-refractivity contribution in [1.82, 2.24) is 0 Å². The quantitative estimate of drug-likeness (QED) is 0.499. The summed E-state index contributed by atoms with van der Waals surface area (Å²) in [7, 11) is 0. The van der Waals surface area contributed by atoms with Crippen molar-refractivity contribution in [3.8, 4) is 24.2 Å². The Balaban J connectivity index is 3.79. The highest BCUT2D eigenvalue weighted by Gasteiger charge is 2.11. The van der Waals surface area contributed by atoms with Gasteiger partial charge in [-0.05, 0) is 31.1 Å². The second-order valence-corrected chi connectivity index (χ2v) is 5.80. The van der Waals surface area contributed by atoms with E-state index < -0.39 is 0 Å². The first-order valence-electron chi connectivity index (χ1n) is 5.69. The summed E-state index contributed by atoms with van der Waals surface area (Å²) in [5.41, 5.74) is 0. The predicted octanol–water partition coefficient (Wildman–Crippen LogP) is 3.91. The lowest BCUT2D eigenvalue weighted by Gasteiger charge is -2.14. The van der Waals surface area contributed by atoms with Crippen LogP contribution in [0.25, 0.3) is 0 Å².